The fraction of sp³-hybridized carbons (Fsp3) is 0.250. The lowest BCUT2D eigenvalue weighted by Gasteiger charge is -1.98. The van der Waals surface area contributed by atoms with Gasteiger partial charge in [-0.1, -0.05) is 55.5 Å². The van der Waals surface area contributed by atoms with Crippen molar-refractivity contribution in [2.24, 2.45) is 5.92 Å². The van der Waals surface area contributed by atoms with E-state index >= 15 is 0 Å². The van der Waals surface area contributed by atoms with Gasteiger partial charge in [0.15, 0.2) is 0 Å². The van der Waals surface area contributed by atoms with Gasteiger partial charge in [0.05, 0.1) is 0 Å². The molecule has 0 aliphatic carbocycles. The predicted octanol–water partition coefficient (Wildman–Crippen LogP) is 4.11. The van der Waals surface area contributed by atoms with E-state index in [-0.39, 0.29) is 5.91 Å². The average molecular weight is 344 g/mol. The molecule has 7 heteroatoms. The molecule has 0 radical (unpaired) electrons. The van der Waals surface area contributed by atoms with Gasteiger partial charge in [0.1, 0.15) is 15.7 Å². The van der Waals surface area contributed by atoms with Crippen LogP contribution in [-0.2, 0) is 6.42 Å². The van der Waals surface area contributed by atoms with Gasteiger partial charge in [-0.3, -0.25) is 10.1 Å². The Bertz CT molecular complexity index is 795. The molecular formula is C16H16N4OS2. The van der Waals surface area contributed by atoms with Gasteiger partial charge in [-0.25, -0.2) is 4.98 Å². The maximum absolute atomic E-state index is 12.3. The summed E-state index contributed by atoms with van der Waals surface area (Å²) in [6, 6.07) is 9.81. The lowest BCUT2D eigenvalue weighted by molar-refractivity contribution is 0.102. The second-order valence-electron chi connectivity index (χ2n) is 5.46. The smallest absolute Gasteiger partial charge is 0.276 e. The van der Waals surface area contributed by atoms with Crippen molar-refractivity contribution < 1.29 is 4.79 Å². The molecule has 0 fully saturated rings. The molecule has 0 unspecified atom stereocenters. The molecule has 0 saturated carbocycles. The quantitative estimate of drug-likeness (QED) is 0.756. The van der Waals surface area contributed by atoms with Crippen molar-refractivity contribution in [1.82, 2.24) is 15.2 Å². The van der Waals surface area contributed by atoms with Crippen LogP contribution in [0.2, 0.25) is 0 Å². The lowest BCUT2D eigenvalue weighted by atomic mass is 10.1. The van der Waals surface area contributed by atoms with Gasteiger partial charge in [0, 0.05) is 17.4 Å². The molecule has 1 aromatic carbocycles. The van der Waals surface area contributed by atoms with Crippen molar-refractivity contribution in [3.63, 3.8) is 0 Å². The highest BCUT2D eigenvalue weighted by atomic mass is 32.1. The number of aromatic nitrogens is 3. The summed E-state index contributed by atoms with van der Waals surface area (Å²) in [6.45, 7) is 4.25. The van der Waals surface area contributed by atoms with Gasteiger partial charge in [-0.05, 0) is 5.92 Å². The number of rotatable bonds is 5. The Morgan fingerprint density at radius 2 is 2.00 bits per heavy atom. The maximum Gasteiger partial charge on any atom is 0.276 e. The van der Waals surface area contributed by atoms with Crippen molar-refractivity contribution in [2.45, 2.75) is 20.3 Å². The molecule has 2 aromatic heterocycles. The molecule has 118 valence electrons. The van der Waals surface area contributed by atoms with E-state index in [1.54, 1.807) is 5.38 Å². The lowest BCUT2D eigenvalue weighted by Crippen LogP contribution is -2.12. The first-order valence-corrected chi connectivity index (χ1v) is 8.96. The summed E-state index contributed by atoms with van der Waals surface area (Å²) < 4.78 is 0. The molecule has 3 rings (SSSR count). The third-order valence-corrected chi connectivity index (χ3v) is 4.78. The van der Waals surface area contributed by atoms with Crippen molar-refractivity contribution in [1.29, 1.82) is 0 Å². The molecule has 0 aliphatic rings. The second-order valence-corrected chi connectivity index (χ2v) is 7.38. The van der Waals surface area contributed by atoms with Crippen LogP contribution in [0.4, 0.5) is 5.13 Å². The second kappa shape index (κ2) is 6.97. The summed E-state index contributed by atoms with van der Waals surface area (Å²) in [5, 5.41) is 14.9. The van der Waals surface area contributed by atoms with Crippen LogP contribution in [0.5, 0.6) is 0 Å². The van der Waals surface area contributed by atoms with Crippen LogP contribution in [0.25, 0.3) is 10.6 Å². The fourth-order valence-electron chi connectivity index (χ4n) is 1.99. The minimum Gasteiger partial charge on any atom is -0.295 e. The zero-order valence-electron chi connectivity index (χ0n) is 12.8. The van der Waals surface area contributed by atoms with E-state index in [4.69, 9.17) is 0 Å². The Morgan fingerprint density at radius 1 is 1.22 bits per heavy atom. The summed E-state index contributed by atoms with van der Waals surface area (Å²) in [5.41, 5.74) is 1.40. The van der Waals surface area contributed by atoms with Crippen LogP contribution in [0.1, 0.15) is 29.3 Å². The first-order chi connectivity index (χ1) is 11.1. The Labute approximate surface area is 142 Å². The molecule has 0 aliphatic heterocycles. The standard InChI is InChI=1S/C16H16N4OS2/c1-10(2)8-13-19-20-16(23-13)18-14(21)12-9-22-15(17-12)11-6-4-3-5-7-11/h3-7,9-10H,8H2,1-2H3,(H,18,20,21). The number of amides is 1. The van der Waals surface area contributed by atoms with Crippen LogP contribution < -0.4 is 5.32 Å². The third kappa shape index (κ3) is 4.00. The van der Waals surface area contributed by atoms with Gasteiger partial charge >= 0.3 is 0 Å². The molecule has 0 atom stereocenters. The minimum atomic E-state index is -0.254. The number of hydrogen-bond donors (Lipinski definition) is 1. The van der Waals surface area contributed by atoms with Gasteiger partial charge in [-0.2, -0.15) is 0 Å². The summed E-state index contributed by atoms with van der Waals surface area (Å²) >= 11 is 2.86. The number of benzene rings is 1. The van der Waals surface area contributed by atoms with Gasteiger partial charge in [0.25, 0.3) is 5.91 Å². The molecule has 5 nitrogen and oxygen atoms in total. The molecule has 23 heavy (non-hydrogen) atoms. The summed E-state index contributed by atoms with van der Waals surface area (Å²) in [6.07, 6.45) is 0.863. The summed E-state index contributed by atoms with van der Waals surface area (Å²) in [7, 11) is 0. The van der Waals surface area contributed by atoms with E-state index < -0.39 is 0 Å². The van der Waals surface area contributed by atoms with Gasteiger partial charge in [0.2, 0.25) is 5.13 Å². The van der Waals surface area contributed by atoms with E-state index in [1.165, 1.54) is 22.7 Å². The number of carbonyl (C=O) groups is 1. The number of nitrogens with zero attached hydrogens (tertiary/aromatic N) is 3. The van der Waals surface area contributed by atoms with Crippen molar-refractivity contribution in [2.75, 3.05) is 5.32 Å². The maximum atomic E-state index is 12.3. The minimum absolute atomic E-state index is 0.254. The highest BCUT2D eigenvalue weighted by Crippen LogP contribution is 2.24. The molecule has 3 aromatic rings. The van der Waals surface area contributed by atoms with Crippen LogP contribution in [0, 0.1) is 5.92 Å². The van der Waals surface area contributed by atoms with Crippen LogP contribution in [0.15, 0.2) is 35.7 Å². The Hall–Kier alpha value is -2.12. The van der Waals surface area contributed by atoms with Crippen molar-refractivity contribution in [3.8, 4) is 10.6 Å². The Balaban J connectivity index is 1.69. The van der Waals surface area contributed by atoms with Gasteiger partial charge in [-0.15, -0.1) is 21.5 Å². The van der Waals surface area contributed by atoms with Gasteiger partial charge < -0.3 is 0 Å². The highest BCUT2D eigenvalue weighted by molar-refractivity contribution is 7.15. The first-order valence-electron chi connectivity index (χ1n) is 7.26. The average Bonchev–Trinajstić information content (AvgIpc) is 3.17. The van der Waals surface area contributed by atoms with E-state index in [0.29, 0.717) is 16.7 Å². The van der Waals surface area contributed by atoms with E-state index in [9.17, 15) is 4.79 Å². The molecule has 2 heterocycles. The highest BCUT2D eigenvalue weighted by Gasteiger charge is 2.14. The monoisotopic (exact) mass is 344 g/mol. The first kappa shape index (κ1) is 15.8. The third-order valence-electron chi connectivity index (χ3n) is 3.03. The number of anilines is 1. The molecule has 0 spiro atoms. The van der Waals surface area contributed by atoms with Crippen molar-refractivity contribution in [3.05, 3.63) is 46.4 Å². The number of carbonyl (C=O) groups excluding carboxylic acids is 1. The summed E-state index contributed by atoms with van der Waals surface area (Å²) in [4.78, 5) is 16.7. The topological polar surface area (TPSA) is 67.8 Å². The summed E-state index contributed by atoms with van der Waals surface area (Å²) in [5.74, 6) is 0.258. The zero-order chi connectivity index (χ0) is 16.2. The Morgan fingerprint density at radius 3 is 2.74 bits per heavy atom. The van der Waals surface area contributed by atoms with E-state index in [2.05, 4.69) is 34.3 Å². The SMILES string of the molecule is CC(C)Cc1nnc(NC(=O)c2csc(-c3ccccc3)n2)s1. The zero-order valence-corrected chi connectivity index (χ0v) is 14.4. The van der Waals surface area contributed by atoms with Crippen LogP contribution in [0.3, 0.4) is 0 Å². The molecule has 1 amide bonds. The fourth-order valence-corrected chi connectivity index (χ4v) is 3.74. The van der Waals surface area contributed by atoms with Crippen LogP contribution in [-0.4, -0.2) is 21.1 Å². The largest absolute Gasteiger partial charge is 0.295 e. The molecule has 0 bridgehead atoms. The molecular weight excluding hydrogens is 328 g/mol. The molecule has 0 saturated heterocycles. The number of nitrogens with one attached hydrogen (secondary N) is 1. The number of thiazole rings is 1. The van der Waals surface area contributed by atoms with Crippen molar-refractivity contribution >= 4 is 33.7 Å². The van der Waals surface area contributed by atoms with E-state index in [0.717, 1.165) is 22.0 Å². The Kier molecular flexibility index (Phi) is 4.78. The normalized spacial score (nSPS) is 10.9. The predicted molar refractivity (Wildman–Crippen MR) is 94.0 cm³/mol. The molecule has 1 N–H and O–H groups in total. The van der Waals surface area contributed by atoms with E-state index in [1.807, 2.05) is 30.3 Å². The number of hydrogen-bond acceptors (Lipinski definition) is 6. The van der Waals surface area contributed by atoms with Crippen LogP contribution >= 0.6 is 22.7 Å².